The first-order chi connectivity index (χ1) is 14.6. The Bertz CT molecular complexity index is 1270. The van der Waals surface area contributed by atoms with Gasteiger partial charge in [0, 0.05) is 23.2 Å². The highest BCUT2D eigenvalue weighted by molar-refractivity contribution is 6.33. The molecule has 1 aromatic heterocycles. The highest BCUT2D eigenvalue weighted by Crippen LogP contribution is 2.35. The Kier molecular flexibility index (Phi) is 4.64. The number of benzene rings is 3. The number of pyridine rings is 1. The van der Waals surface area contributed by atoms with Crippen molar-refractivity contribution >= 4 is 45.6 Å². The molecule has 0 radical (unpaired) electrons. The van der Waals surface area contributed by atoms with E-state index in [-0.39, 0.29) is 5.91 Å². The molecular weight excluding hydrogens is 394 g/mol. The van der Waals surface area contributed by atoms with Crippen LogP contribution in [-0.2, 0) is 6.42 Å². The fourth-order valence-corrected chi connectivity index (χ4v) is 4.05. The maximum atomic E-state index is 12.6. The molecule has 1 amide bonds. The number of rotatable bonds is 3. The Balaban J connectivity index is 1.40. The predicted molar refractivity (Wildman–Crippen MR) is 123 cm³/mol. The Morgan fingerprint density at radius 1 is 1.03 bits per heavy atom. The number of para-hydroxylation sites is 1. The first-order valence-corrected chi connectivity index (χ1v) is 10.3. The third kappa shape index (κ3) is 3.40. The third-order valence-electron chi connectivity index (χ3n) is 5.45. The van der Waals surface area contributed by atoms with Crippen LogP contribution in [0, 0.1) is 6.92 Å². The van der Waals surface area contributed by atoms with E-state index in [0.717, 1.165) is 30.0 Å². The topological polar surface area (TPSA) is 45.2 Å². The Morgan fingerprint density at radius 3 is 2.63 bits per heavy atom. The zero-order valence-electron chi connectivity index (χ0n) is 16.5. The average molecular weight is 414 g/mol. The number of hydrogen-bond acceptors (Lipinski definition) is 3. The van der Waals surface area contributed by atoms with Gasteiger partial charge in [-0.05, 0) is 73.0 Å². The van der Waals surface area contributed by atoms with Crippen LogP contribution in [0.15, 0.2) is 72.8 Å². The fraction of sp³-hybridized carbons (Fsp3) is 0.120. The molecule has 0 aliphatic carbocycles. The van der Waals surface area contributed by atoms with Crippen molar-refractivity contribution in [3.63, 3.8) is 0 Å². The number of nitrogens with zero attached hydrogens (tertiary/aromatic N) is 2. The van der Waals surface area contributed by atoms with Gasteiger partial charge in [0.2, 0.25) is 0 Å². The summed E-state index contributed by atoms with van der Waals surface area (Å²) in [6.07, 6.45) is 0.959. The number of carbonyl (C=O) groups excluding carboxylic acids is 1. The number of anilines is 3. The van der Waals surface area contributed by atoms with Crippen LogP contribution in [-0.4, -0.2) is 17.4 Å². The zero-order valence-corrected chi connectivity index (χ0v) is 17.3. The molecule has 1 N–H and O–H groups in total. The Hall–Kier alpha value is -3.37. The monoisotopic (exact) mass is 413 g/mol. The maximum Gasteiger partial charge on any atom is 0.255 e. The van der Waals surface area contributed by atoms with Crippen LogP contribution in [0.4, 0.5) is 17.2 Å². The minimum Gasteiger partial charge on any atom is -0.326 e. The van der Waals surface area contributed by atoms with Crippen LogP contribution in [0.1, 0.15) is 21.5 Å². The van der Waals surface area contributed by atoms with E-state index in [2.05, 4.69) is 41.4 Å². The third-order valence-corrected chi connectivity index (χ3v) is 5.78. The molecule has 1 aliphatic rings. The van der Waals surface area contributed by atoms with Gasteiger partial charge < -0.3 is 10.2 Å². The van der Waals surface area contributed by atoms with Crippen LogP contribution in [0.5, 0.6) is 0 Å². The molecule has 0 atom stereocenters. The number of aryl methyl sites for hydroxylation is 1. The van der Waals surface area contributed by atoms with E-state index >= 15 is 0 Å². The maximum absolute atomic E-state index is 12.6. The minimum atomic E-state index is -0.184. The lowest BCUT2D eigenvalue weighted by atomic mass is 10.1. The summed E-state index contributed by atoms with van der Waals surface area (Å²) < 4.78 is 0. The van der Waals surface area contributed by atoms with Crippen molar-refractivity contribution < 1.29 is 4.79 Å². The van der Waals surface area contributed by atoms with Gasteiger partial charge in [0.1, 0.15) is 5.82 Å². The molecule has 0 saturated carbocycles. The smallest absolute Gasteiger partial charge is 0.255 e. The lowest BCUT2D eigenvalue weighted by Crippen LogP contribution is -2.15. The molecule has 0 bridgehead atoms. The molecular formula is C25H20ClN3O. The number of aromatic nitrogens is 1. The number of amides is 1. The van der Waals surface area contributed by atoms with E-state index < -0.39 is 0 Å². The van der Waals surface area contributed by atoms with Crippen molar-refractivity contribution in [1.29, 1.82) is 0 Å². The number of fused-ring (bicyclic) bond motifs is 2. The molecule has 0 saturated heterocycles. The summed E-state index contributed by atoms with van der Waals surface area (Å²) in [5, 5.41) is 4.55. The average Bonchev–Trinajstić information content (AvgIpc) is 3.16. The van der Waals surface area contributed by atoms with E-state index in [0.29, 0.717) is 16.3 Å². The van der Waals surface area contributed by atoms with Gasteiger partial charge in [-0.25, -0.2) is 4.98 Å². The van der Waals surface area contributed by atoms with Crippen LogP contribution < -0.4 is 10.2 Å². The molecule has 0 spiro atoms. The highest BCUT2D eigenvalue weighted by atomic mass is 35.5. The van der Waals surface area contributed by atoms with Gasteiger partial charge in [0.15, 0.2) is 0 Å². The number of halogens is 1. The predicted octanol–water partition coefficient (Wildman–Crippen LogP) is 6.14. The summed E-state index contributed by atoms with van der Waals surface area (Å²) in [6.45, 7) is 2.96. The molecule has 4 nitrogen and oxygen atoms in total. The first kappa shape index (κ1) is 18.6. The molecule has 5 heteroatoms. The molecule has 0 unspecified atom stereocenters. The van der Waals surface area contributed by atoms with Crippen LogP contribution in [0.3, 0.4) is 0 Å². The molecule has 0 fully saturated rings. The van der Waals surface area contributed by atoms with Gasteiger partial charge in [-0.1, -0.05) is 35.9 Å². The van der Waals surface area contributed by atoms with E-state index in [4.69, 9.17) is 16.6 Å². The molecule has 3 aromatic carbocycles. The summed E-state index contributed by atoms with van der Waals surface area (Å²) in [4.78, 5) is 19.7. The largest absolute Gasteiger partial charge is 0.326 e. The summed E-state index contributed by atoms with van der Waals surface area (Å²) in [5.41, 5.74) is 5.69. The lowest BCUT2D eigenvalue weighted by Gasteiger charge is -2.19. The molecule has 1 aliphatic heterocycles. The minimum absolute atomic E-state index is 0.184. The summed E-state index contributed by atoms with van der Waals surface area (Å²) in [5.74, 6) is 0.817. The van der Waals surface area contributed by atoms with E-state index in [1.165, 1.54) is 16.5 Å². The van der Waals surface area contributed by atoms with Crippen molar-refractivity contribution in [1.82, 2.24) is 4.98 Å². The van der Waals surface area contributed by atoms with Crippen molar-refractivity contribution in [3.8, 4) is 0 Å². The molecule has 148 valence electrons. The molecule has 5 rings (SSSR count). The second-order valence-electron chi connectivity index (χ2n) is 7.55. The van der Waals surface area contributed by atoms with E-state index in [9.17, 15) is 4.79 Å². The Morgan fingerprint density at radius 2 is 1.83 bits per heavy atom. The normalized spacial score (nSPS) is 12.8. The van der Waals surface area contributed by atoms with Crippen LogP contribution in [0.25, 0.3) is 10.9 Å². The highest BCUT2D eigenvalue weighted by Gasteiger charge is 2.23. The summed E-state index contributed by atoms with van der Waals surface area (Å²) in [7, 11) is 0. The lowest BCUT2D eigenvalue weighted by molar-refractivity contribution is 0.102. The number of carbonyl (C=O) groups is 1. The Labute approximate surface area is 180 Å². The van der Waals surface area contributed by atoms with Gasteiger partial charge in [-0.3, -0.25) is 4.79 Å². The van der Waals surface area contributed by atoms with Crippen molar-refractivity contribution in [2.24, 2.45) is 0 Å². The van der Waals surface area contributed by atoms with Crippen LogP contribution in [0.2, 0.25) is 5.02 Å². The van der Waals surface area contributed by atoms with Gasteiger partial charge >= 0.3 is 0 Å². The first-order valence-electron chi connectivity index (χ1n) is 9.92. The number of hydrogen-bond donors (Lipinski definition) is 1. The fourth-order valence-electron chi connectivity index (χ4n) is 3.87. The van der Waals surface area contributed by atoms with Crippen molar-refractivity contribution in [3.05, 3.63) is 94.5 Å². The molecule has 4 aromatic rings. The standard InChI is InChI=1S/C25H20ClN3O/c1-16-6-7-18-15-19-12-13-29(24(19)27-23(18)14-16)20-10-8-17(9-11-20)25(30)28-22-5-3-2-4-21(22)26/h2-11,14-15H,12-13H2,1H3,(H,28,30). The van der Waals surface area contributed by atoms with Gasteiger partial charge in [-0.2, -0.15) is 0 Å². The second-order valence-corrected chi connectivity index (χ2v) is 7.96. The summed E-state index contributed by atoms with van der Waals surface area (Å²) in [6, 6.07) is 23.4. The van der Waals surface area contributed by atoms with Crippen LogP contribution >= 0.6 is 11.6 Å². The van der Waals surface area contributed by atoms with Gasteiger partial charge in [-0.15, -0.1) is 0 Å². The van der Waals surface area contributed by atoms with Crippen molar-refractivity contribution in [2.45, 2.75) is 13.3 Å². The summed E-state index contributed by atoms with van der Waals surface area (Å²) >= 11 is 6.14. The quantitative estimate of drug-likeness (QED) is 0.438. The number of nitrogens with one attached hydrogen (secondary N) is 1. The zero-order chi connectivity index (χ0) is 20.7. The van der Waals surface area contributed by atoms with E-state index in [1.807, 2.05) is 36.4 Å². The van der Waals surface area contributed by atoms with Gasteiger partial charge in [0.25, 0.3) is 5.91 Å². The molecule has 30 heavy (non-hydrogen) atoms. The second kappa shape index (κ2) is 7.47. The SMILES string of the molecule is Cc1ccc2cc3c(nc2c1)N(c1ccc(C(=O)Nc2ccccc2Cl)cc1)CC3. The van der Waals surface area contributed by atoms with E-state index in [1.54, 1.807) is 12.1 Å². The van der Waals surface area contributed by atoms with Crippen molar-refractivity contribution in [2.75, 3.05) is 16.8 Å². The molecule has 2 heterocycles. The van der Waals surface area contributed by atoms with Gasteiger partial charge in [0.05, 0.1) is 16.2 Å².